The molecule has 0 heterocycles. The molecule has 0 spiro atoms. The molecular weight excluding hydrogens is 303 g/mol. The minimum Gasteiger partial charge on any atom is -1.00 e. The fraction of sp³-hybridized carbons (Fsp3) is 0.667. The summed E-state index contributed by atoms with van der Waals surface area (Å²) >= 11 is 3.56. The van der Waals surface area contributed by atoms with Crippen LogP contribution in [0.1, 0.15) is 0 Å². The van der Waals surface area contributed by atoms with E-state index < -0.39 is 0 Å². The Morgan fingerprint density at radius 2 is 2.00 bits per heavy atom. The Balaban J connectivity index is 0. The number of hydrogen-bond acceptors (Lipinski definition) is 0. The maximum absolute atomic E-state index is 5.44. The molecule has 0 aromatic rings. The predicted molar refractivity (Wildman–Crippen MR) is 36.0 cm³/mol. The number of halogens is 2. The van der Waals surface area contributed by atoms with E-state index in [1.807, 2.05) is 18.7 Å². The molecule has 0 unspecified atom stereocenters. The molecule has 0 saturated carbocycles. The van der Waals surface area contributed by atoms with Gasteiger partial charge in [0.25, 0.3) is 0 Å². The van der Waals surface area contributed by atoms with Gasteiger partial charge in [-0.25, -0.2) is 0 Å². The summed E-state index contributed by atoms with van der Waals surface area (Å²) < 4.78 is 2.81. The summed E-state index contributed by atoms with van der Waals surface area (Å²) in [7, 11) is 3.86. The van der Waals surface area contributed by atoms with Crippen LogP contribution in [0.4, 0.5) is 0 Å². The van der Waals surface area contributed by atoms with Crippen molar-refractivity contribution in [3.05, 3.63) is 0 Å². The summed E-state index contributed by atoms with van der Waals surface area (Å²) in [5.74, 6) is 0. The van der Waals surface area contributed by atoms with Crippen LogP contribution in [-0.4, -0.2) is 36.6 Å². The van der Waals surface area contributed by atoms with Crippen molar-refractivity contribution in [3.8, 4) is 0 Å². The zero-order valence-electron chi connectivity index (χ0n) is 4.69. The fourth-order valence-electron chi connectivity index (χ4n) is 0.0690. The van der Waals surface area contributed by atoms with Crippen LogP contribution in [0.5, 0.6) is 0 Å². The van der Waals surface area contributed by atoms with Crippen molar-refractivity contribution in [2.75, 3.05) is 14.1 Å². The molecule has 0 aliphatic rings. The van der Waals surface area contributed by atoms with Crippen LogP contribution in [-0.2, 0) is 0 Å². The maximum atomic E-state index is 5.44. The average molecular weight is 311 g/mol. The van der Waals surface area contributed by atoms with Crippen molar-refractivity contribution in [2.24, 2.45) is 5.73 Å². The molecule has 5 heteroatoms. The predicted octanol–water partition coefficient (Wildman–Crippen LogP) is -3.41. The molecule has 0 atom stereocenters. The van der Waals surface area contributed by atoms with Crippen LogP contribution >= 0.6 is 14.1 Å². The van der Waals surface area contributed by atoms with E-state index in [4.69, 9.17) is 5.73 Å². The van der Waals surface area contributed by atoms with Crippen molar-refractivity contribution < 1.29 is 21.6 Å². The Bertz CT molecular complexity index is 89.3. The topological polar surface area (TPSA) is 29.0 Å². The second-order valence-corrected chi connectivity index (χ2v) is 4.19. The number of hydrogen-bond donors (Lipinski definition) is 1. The monoisotopic (exact) mass is 310 g/mol. The summed E-state index contributed by atoms with van der Waals surface area (Å²) in [6.07, 6.45) is 0. The number of nitrogens with two attached hydrogens (primary N) is 1. The molecule has 0 aliphatic heterocycles. The second kappa shape index (κ2) is 6.08. The third-order valence-electron chi connectivity index (χ3n) is 0.520. The molecule has 0 bridgehead atoms. The first kappa shape index (κ1) is 11.7. The van der Waals surface area contributed by atoms with Crippen molar-refractivity contribution in [2.45, 2.75) is 0 Å². The minimum absolute atomic E-state index is 0. The van der Waals surface area contributed by atoms with Gasteiger partial charge in [-0.05, 0) is 0 Å². The Morgan fingerprint density at radius 3 is 2.00 bits per heavy atom. The summed E-state index contributed by atoms with van der Waals surface area (Å²) in [5.41, 5.74) is 5.44. The molecule has 50 valence electrons. The molecule has 2 N–H and O–H groups in total. The van der Waals surface area contributed by atoms with Gasteiger partial charge in [-0.3, -0.25) is 0 Å². The Hall–Kier alpha value is 0.949. The summed E-state index contributed by atoms with van der Waals surface area (Å²) in [4.78, 5) is 0. The van der Waals surface area contributed by atoms with Gasteiger partial charge in [0.2, 0.25) is 0 Å². The van der Waals surface area contributed by atoms with E-state index in [1.54, 1.807) is 0 Å². The van der Waals surface area contributed by atoms with Crippen LogP contribution in [0, 0.1) is 0 Å². The van der Waals surface area contributed by atoms with Gasteiger partial charge in [0, 0.05) is 0 Å². The van der Waals surface area contributed by atoms with Gasteiger partial charge in [-0.15, -0.1) is 0 Å². The summed E-state index contributed by atoms with van der Waals surface area (Å²) in [6, 6.07) is 0. The van der Waals surface area contributed by atoms with E-state index in [2.05, 4.69) is 14.1 Å². The van der Waals surface area contributed by atoms with E-state index in [0.29, 0.717) is 0 Å². The van der Waals surface area contributed by atoms with Crippen LogP contribution in [0.3, 0.4) is 0 Å². The number of amidine groups is 1. The maximum Gasteiger partial charge on any atom is -1.00 e. The smallest absolute Gasteiger partial charge is 1.00 e. The second-order valence-electron chi connectivity index (χ2n) is 1.31. The number of rotatable bonds is 1. The molecule has 0 saturated heterocycles. The molecule has 0 radical (unpaired) electrons. The van der Waals surface area contributed by atoms with Crippen LogP contribution in [0.2, 0.25) is 0 Å². The molecular formula is C3H8Br2N2Se. The largest absolute Gasteiger partial charge is 1.00 e. The van der Waals surface area contributed by atoms with Crippen LogP contribution < -0.4 is 22.7 Å². The van der Waals surface area contributed by atoms with Gasteiger partial charge in [0.15, 0.2) is 0 Å². The Kier molecular flexibility index (Phi) is 8.89. The first-order valence-electron chi connectivity index (χ1n) is 1.77. The SMILES string of the molecule is C[N+](C)=C(N)[Se]Br.[Br-]. The normalized spacial score (nSPS) is 7.38. The molecule has 0 amide bonds. The molecule has 0 aromatic heterocycles. The molecule has 0 fully saturated rings. The first-order valence-corrected chi connectivity index (χ1v) is 6.63. The first-order chi connectivity index (χ1) is 3.18. The Labute approximate surface area is 73.1 Å². The Morgan fingerprint density at radius 1 is 1.62 bits per heavy atom. The van der Waals surface area contributed by atoms with E-state index in [-0.39, 0.29) is 30.1 Å². The standard InChI is InChI=1S/C3H7BrN2Se.BrH/c1-6(2)3(5)7-4;/h5H,1-2H3;1H. The van der Waals surface area contributed by atoms with Gasteiger partial charge in [0.1, 0.15) is 0 Å². The molecule has 2 nitrogen and oxygen atoms in total. The molecule has 0 rings (SSSR count). The van der Waals surface area contributed by atoms with E-state index in [1.165, 1.54) is 0 Å². The van der Waals surface area contributed by atoms with E-state index >= 15 is 0 Å². The quantitative estimate of drug-likeness (QED) is 0.233. The molecule has 0 aromatic carbocycles. The fourth-order valence-corrected chi connectivity index (χ4v) is 1.86. The third-order valence-corrected chi connectivity index (χ3v) is 3.34. The molecule has 8 heavy (non-hydrogen) atoms. The minimum atomic E-state index is 0. The summed E-state index contributed by atoms with van der Waals surface area (Å²) in [6.45, 7) is 0. The van der Waals surface area contributed by atoms with E-state index in [0.717, 1.165) is 4.73 Å². The van der Waals surface area contributed by atoms with E-state index in [9.17, 15) is 0 Å². The van der Waals surface area contributed by atoms with Gasteiger partial charge >= 0.3 is 56.4 Å². The molecule has 0 aliphatic carbocycles. The van der Waals surface area contributed by atoms with Crippen molar-refractivity contribution >= 4 is 32.0 Å². The third kappa shape index (κ3) is 5.09. The van der Waals surface area contributed by atoms with Gasteiger partial charge in [-0.1, -0.05) is 0 Å². The van der Waals surface area contributed by atoms with Crippen molar-refractivity contribution in [3.63, 3.8) is 0 Å². The van der Waals surface area contributed by atoms with Gasteiger partial charge in [0.05, 0.1) is 0 Å². The average Bonchev–Trinajstić information content (AvgIpc) is 1.65. The zero-order valence-corrected chi connectivity index (χ0v) is 9.57. The van der Waals surface area contributed by atoms with Gasteiger partial charge < -0.3 is 17.0 Å². The zero-order chi connectivity index (χ0) is 5.86. The van der Waals surface area contributed by atoms with Crippen LogP contribution in [0.25, 0.3) is 0 Å². The number of nitrogens with zero attached hydrogens (tertiary/aromatic N) is 1. The van der Waals surface area contributed by atoms with Crippen molar-refractivity contribution in [1.29, 1.82) is 0 Å². The summed E-state index contributed by atoms with van der Waals surface area (Å²) in [5, 5.41) is 0. The van der Waals surface area contributed by atoms with Gasteiger partial charge in [-0.2, -0.15) is 0 Å². The van der Waals surface area contributed by atoms with Crippen LogP contribution in [0.15, 0.2) is 0 Å². The van der Waals surface area contributed by atoms with Crippen molar-refractivity contribution in [1.82, 2.24) is 0 Å².